The molecule has 1 aliphatic rings. The molecule has 0 fully saturated rings. The minimum absolute atomic E-state index is 0.0238. The lowest BCUT2D eigenvalue weighted by Gasteiger charge is -2.26. The summed E-state index contributed by atoms with van der Waals surface area (Å²) in [5, 5.41) is 9.46. The summed E-state index contributed by atoms with van der Waals surface area (Å²) in [5.41, 5.74) is 2.80. The summed E-state index contributed by atoms with van der Waals surface area (Å²) in [6, 6.07) is 7.67. The van der Waals surface area contributed by atoms with Gasteiger partial charge in [0.1, 0.15) is 0 Å². The molecule has 2 heterocycles. The molecule has 0 spiro atoms. The molecule has 22 heavy (non-hydrogen) atoms. The van der Waals surface area contributed by atoms with Crippen molar-refractivity contribution in [2.45, 2.75) is 25.3 Å². The molecule has 114 valence electrons. The van der Waals surface area contributed by atoms with Gasteiger partial charge in [-0.15, -0.1) is 0 Å². The number of aromatic nitrogens is 2. The van der Waals surface area contributed by atoms with Gasteiger partial charge in [0.25, 0.3) is 0 Å². The Morgan fingerprint density at radius 2 is 2.23 bits per heavy atom. The monoisotopic (exact) mass is 298 g/mol. The highest BCUT2D eigenvalue weighted by molar-refractivity contribution is 5.95. The van der Waals surface area contributed by atoms with Gasteiger partial charge in [0.15, 0.2) is 0 Å². The zero-order valence-corrected chi connectivity index (χ0v) is 12.4. The van der Waals surface area contributed by atoms with Gasteiger partial charge in [0.05, 0.1) is 6.20 Å². The minimum Gasteiger partial charge on any atom is -0.341 e. The first-order chi connectivity index (χ1) is 10.6. The number of benzene rings is 1. The summed E-state index contributed by atoms with van der Waals surface area (Å²) in [6.45, 7) is 0.510. The van der Waals surface area contributed by atoms with Gasteiger partial charge in [-0.1, -0.05) is 18.2 Å². The van der Waals surface area contributed by atoms with Crippen LogP contribution in [0.15, 0.2) is 36.7 Å². The second kappa shape index (κ2) is 6.01. The summed E-state index contributed by atoms with van der Waals surface area (Å²) >= 11 is 0. The third-order valence-electron chi connectivity index (χ3n) is 3.93. The van der Waals surface area contributed by atoms with E-state index in [4.69, 9.17) is 0 Å². The Hall–Kier alpha value is -2.63. The average molecular weight is 298 g/mol. The van der Waals surface area contributed by atoms with Crippen LogP contribution in [-0.4, -0.2) is 34.0 Å². The van der Waals surface area contributed by atoms with E-state index >= 15 is 0 Å². The molecule has 0 bridgehead atoms. The third kappa shape index (κ3) is 3.00. The summed E-state index contributed by atoms with van der Waals surface area (Å²) < 4.78 is 0. The molecule has 2 amide bonds. The number of nitrogens with zero attached hydrogens (tertiary/aromatic N) is 2. The average Bonchev–Trinajstić information content (AvgIpc) is 3.00. The van der Waals surface area contributed by atoms with Crippen molar-refractivity contribution >= 4 is 17.5 Å². The molecule has 0 saturated heterocycles. The molecule has 1 unspecified atom stereocenters. The van der Waals surface area contributed by atoms with Gasteiger partial charge in [-0.2, -0.15) is 5.10 Å². The van der Waals surface area contributed by atoms with Gasteiger partial charge in [-0.3, -0.25) is 14.7 Å². The van der Waals surface area contributed by atoms with E-state index in [0.29, 0.717) is 19.4 Å². The minimum atomic E-state index is -0.0655. The van der Waals surface area contributed by atoms with E-state index in [1.54, 1.807) is 24.3 Å². The Labute approximate surface area is 128 Å². The third-order valence-corrected chi connectivity index (χ3v) is 3.93. The van der Waals surface area contributed by atoms with E-state index in [1.165, 1.54) is 0 Å². The van der Waals surface area contributed by atoms with Crippen molar-refractivity contribution in [1.29, 1.82) is 0 Å². The molecule has 2 N–H and O–H groups in total. The van der Waals surface area contributed by atoms with E-state index in [0.717, 1.165) is 16.8 Å². The first-order valence-corrected chi connectivity index (χ1v) is 7.24. The van der Waals surface area contributed by atoms with E-state index in [-0.39, 0.29) is 17.7 Å². The van der Waals surface area contributed by atoms with E-state index in [9.17, 15) is 9.59 Å². The zero-order chi connectivity index (χ0) is 15.5. The molecule has 0 radical (unpaired) electrons. The number of hydrogen-bond acceptors (Lipinski definition) is 3. The largest absolute Gasteiger partial charge is 0.341 e. The Morgan fingerprint density at radius 1 is 1.41 bits per heavy atom. The van der Waals surface area contributed by atoms with Gasteiger partial charge in [-0.05, 0) is 11.6 Å². The molecular weight excluding hydrogens is 280 g/mol. The van der Waals surface area contributed by atoms with Crippen molar-refractivity contribution in [2.75, 3.05) is 12.4 Å². The van der Waals surface area contributed by atoms with Crippen LogP contribution in [0.4, 0.5) is 5.69 Å². The highest BCUT2D eigenvalue weighted by Crippen LogP contribution is 2.34. The molecule has 0 saturated carbocycles. The highest BCUT2D eigenvalue weighted by atomic mass is 16.2. The van der Waals surface area contributed by atoms with Crippen LogP contribution in [-0.2, 0) is 16.1 Å². The van der Waals surface area contributed by atoms with Crippen molar-refractivity contribution in [2.24, 2.45) is 0 Å². The van der Waals surface area contributed by atoms with Crippen LogP contribution in [0.1, 0.15) is 29.9 Å². The lowest BCUT2D eigenvalue weighted by molar-refractivity contribution is -0.131. The number of H-pyrrole nitrogens is 1. The SMILES string of the molecule is CN(Cc1cn[nH]c1)C(=O)CC1CC(=O)Nc2ccccc21. The van der Waals surface area contributed by atoms with Crippen LogP contribution in [0.3, 0.4) is 0 Å². The smallest absolute Gasteiger partial charge is 0.225 e. The van der Waals surface area contributed by atoms with Crippen LogP contribution in [0.5, 0.6) is 0 Å². The number of aromatic amines is 1. The standard InChI is InChI=1S/C16H18N4O2/c1-20(10-11-8-17-18-9-11)16(22)7-12-6-15(21)19-14-5-3-2-4-13(12)14/h2-5,8-9,12H,6-7,10H2,1H3,(H,17,18)(H,19,21). The highest BCUT2D eigenvalue weighted by Gasteiger charge is 2.27. The quantitative estimate of drug-likeness (QED) is 0.904. The van der Waals surface area contributed by atoms with E-state index < -0.39 is 0 Å². The van der Waals surface area contributed by atoms with Crippen LogP contribution in [0, 0.1) is 0 Å². The van der Waals surface area contributed by atoms with E-state index in [1.807, 2.05) is 24.3 Å². The molecule has 1 aromatic heterocycles. The number of rotatable bonds is 4. The van der Waals surface area contributed by atoms with Crippen molar-refractivity contribution < 1.29 is 9.59 Å². The maximum atomic E-state index is 12.4. The summed E-state index contributed by atoms with van der Waals surface area (Å²) in [7, 11) is 1.77. The number of carbonyl (C=O) groups excluding carboxylic acids is 2. The topological polar surface area (TPSA) is 78.1 Å². The molecule has 1 aliphatic heterocycles. The zero-order valence-electron chi connectivity index (χ0n) is 12.4. The van der Waals surface area contributed by atoms with Gasteiger partial charge in [0.2, 0.25) is 11.8 Å². The molecule has 2 aromatic rings. The summed E-state index contributed by atoms with van der Waals surface area (Å²) in [6.07, 6.45) is 4.15. The molecule has 1 aromatic carbocycles. The molecule has 0 aliphatic carbocycles. The van der Waals surface area contributed by atoms with Crippen molar-refractivity contribution in [3.05, 3.63) is 47.8 Å². The first kappa shape index (κ1) is 14.3. The second-order valence-electron chi connectivity index (χ2n) is 5.60. The molecule has 6 nitrogen and oxygen atoms in total. The maximum Gasteiger partial charge on any atom is 0.225 e. The Kier molecular flexibility index (Phi) is 3.91. The number of anilines is 1. The number of fused-ring (bicyclic) bond motifs is 1. The number of carbonyl (C=O) groups is 2. The lowest BCUT2D eigenvalue weighted by Crippen LogP contribution is -2.30. The van der Waals surface area contributed by atoms with Gasteiger partial charge in [-0.25, -0.2) is 0 Å². The van der Waals surface area contributed by atoms with Gasteiger partial charge in [0, 0.05) is 49.8 Å². The molecule has 1 atom stereocenters. The Morgan fingerprint density at radius 3 is 3.00 bits per heavy atom. The fraction of sp³-hybridized carbons (Fsp3) is 0.312. The first-order valence-electron chi connectivity index (χ1n) is 7.24. The van der Waals surface area contributed by atoms with Crippen molar-refractivity contribution in [1.82, 2.24) is 15.1 Å². The summed E-state index contributed by atoms with van der Waals surface area (Å²) in [5.74, 6) is -0.0751. The molecular formula is C16H18N4O2. The molecule has 3 rings (SSSR count). The van der Waals surface area contributed by atoms with E-state index in [2.05, 4.69) is 15.5 Å². The molecule has 6 heteroatoms. The number of para-hydroxylation sites is 1. The fourth-order valence-electron chi connectivity index (χ4n) is 2.78. The Bertz CT molecular complexity index is 681. The number of hydrogen-bond donors (Lipinski definition) is 2. The maximum absolute atomic E-state index is 12.4. The van der Waals surface area contributed by atoms with Crippen LogP contribution in [0.25, 0.3) is 0 Å². The normalized spacial score (nSPS) is 16.8. The lowest BCUT2D eigenvalue weighted by atomic mass is 9.87. The second-order valence-corrected chi connectivity index (χ2v) is 5.60. The van der Waals surface area contributed by atoms with Crippen LogP contribution < -0.4 is 5.32 Å². The van der Waals surface area contributed by atoms with Crippen LogP contribution in [0.2, 0.25) is 0 Å². The van der Waals surface area contributed by atoms with Crippen molar-refractivity contribution in [3.8, 4) is 0 Å². The number of amides is 2. The Balaban J connectivity index is 1.70. The summed E-state index contributed by atoms with van der Waals surface area (Å²) in [4.78, 5) is 25.9. The number of nitrogens with one attached hydrogen (secondary N) is 2. The predicted molar refractivity (Wildman–Crippen MR) is 82.1 cm³/mol. The van der Waals surface area contributed by atoms with Gasteiger partial charge >= 0.3 is 0 Å². The predicted octanol–water partition coefficient (Wildman–Crippen LogP) is 1.88. The fourth-order valence-corrected chi connectivity index (χ4v) is 2.78. The van der Waals surface area contributed by atoms with Crippen molar-refractivity contribution in [3.63, 3.8) is 0 Å². The van der Waals surface area contributed by atoms with Crippen LogP contribution >= 0.6 is 0 Å². The van der Waals surface area contributed by atoms with Gasteiger partial charge < -0.3 is 10.2 Å².